The Bertz CT molecular complexity index is 842. The summed E-state index contributed by atoms with van der Waals surface area (Å²) in [5, 5.41) is 8.24. The summed E-state index contributed by atoms with van der Waals surface area (Å²) in [4.78, 5) is 8.66. The second-order valence-corrected chi connectivity index (χ2v) is 9.22. The lowest BCUT2D eigenvalue weighted by Gasteiger charge is -2.29. The molecule has 0 N–H and O–H groups in total. The Morgan fingerprint density at radius 2 is 1.96 bits per heavy atom. The van der Waals surface area contributed by atoms with Crippen LogP contribution in [-0.2, 0) is 16.4 Å². The molecule has 8 heteroatoms. The molecular formula is C18H25N5O2S. The van der Waals surface area contributed by atoms with Gasteiger partial charge < -0.3 is 9.80 Å². The van der Waals surface area contributed by atoms with Crippen LogP contribution in [0.5, 0.6) is 0 Å². The Kier molecular flexibility index (Phi) is 5.41. The molecule has 1 aromatic carbocycles. The van der Waals surface area contributed by atoms with E-state index in [2.05, 4.69) is 46.1 Å². The maximum absolute atomic E-state index is 11.8. The maximum Gasteiger partial charge on any atom is 0.247 e. The minimum Gasteiger partial charge on any atom is -0.348 e. The molecule has 1 aliphatic rings. The number of benzene rings is 1. The highest BCUT2D eigenvalue weighted by molar-refractivity contribution is 7.91. The van der Waals surface area contributed by atoms with Crippen molar-refractivity contribution in [3.05, 3.63) is 42.1 Å². The van der Waals surface area contributed by atoms with Gasteiger partial charge in [0, 0.05) is 25.7 Å². The topological polar surface area (TPSA) is 79.3 Å². The van der Waals surface area contributed by atoms with E-state index < -0.39 is 9.84 Å². The van der Waals surface area contributed by atoms with Gasteiger partial charge in [-0.25, -0.2) is 8.42 Å². The number of anilines is 2. The minimum atomic E-state index is -2.96. The van der Waals surface area contributed by atoms with Crippen LogP contribution in [-0.4, -0.2) is 54.2 Å². The number of aromatic nitrogens is 3. The van der Waals surface area contributed by atoms with Crippen LogP contribution < -0.4 is 9.80 Å². The van der Waals surface area contributed by atoms with Crippen molar-refractivity contribution in [1.29, 1.82) is 0 Å². The summed E-state index contributed by atoms with van der Waals surface area (Å²) in [6, 6.07) is 10.3. The summed E-state index contributed by atoms with van der Waals surface area (Å²) in [7, 11) is -1.12. The molecule has 0 radical (unpaired) electrons. The van der Waals surface area contributed by atoms with Gasteiger partial charge in [-0.15, -0.1) is 5.10 Å². The van der Waals surface area contributed by atoms with Gasteiger partial charge in [0.15, 0.2) is 15.7 Å². The molecule has 1 aliphatic heterocycles. The third-order valence-electron chi connectivity index (χ3n) is 4.72. The molecule has 0 aliphatic carbocycles. The van der Waals surface area contributed by atoms with Gasteiger partial charge in [-0.05, 0) is 25.8 Å². The third-order valence-corrected chi connectivity index (χ3v) is 6.47. The first kappa shape index (κ1) is 18.6. The Balaban J connectivity index is 1.82. The van der Waals surface area contributed by atoms with E-state index in [1.54, 1.807) is 6.20 Å². The first-order chi connectivity index (χ1) is 12.4. The Labute approximate surface area is 155 Å². The fourth-order valence-electron chi connectivity index (χ4n) is 3.13. The molecule has 3 rings (SSSR count). The van der Waals surface area contributed by atoms with Crippen molar-refractivity contribution in [3.63, 3.8) is 0 Å². The largest absolute Gasteiger partial charge is 0.348 e. The molecule has 1 saturated heterocycles. The van der Waals surface area contributed by atoms with Gasteiger partial charge in [-0.3, -0.25) is 0 Å². The zero-order chi connectivity index (χ0) is 18.7. The second kappa shape index (κ2) is 7.57. The summed E-state index contributed by atoms with van der Waals surface area (Å²) in [6.07, 6.45) is 2.26. The summed E-state index contributed by atoms with van der Waals surface area (Å²) in [6.45, 7) is 4.94. The molecule has 1 atom stereocenters. The maximum atomic E-state index is 11.8. The first-order valence-corrected chi connectivity index (χ1v) is 10.6. The molecule has 140 valence electrons. The van der Waals surface area contributed by atoms with Gasteiger partial charge in [0.25, 0.3) is 0 Å². The summed E-state index contributed by atoms with van der Waals surface area (Å²) >= 11 is 0. The second-order valence-electron chi connectivity index (χ2n) is 6.99. The molecule has 1 unspecified atom stereocenters. The molecule has 7 nitrogen and oxygen atoms in total. The van der Waals surface area contributed by atoms with Gasteiger partial charge in [0.1, 0.15) is 0 Å². The predicted molar refractivity (Wildman–Crippen MR) is 103 cm³/mol. The van der Waals surface area contributed by atoms with Crippen LogP contribution in [0.2, 0.25) is 0 Å². The molecule has 0 amide bonds. The highest BCUT2D eigenvalue weighted by Gasteiger charge is 2.32. The summed E-state index contributed by atoms with van der Waals surface area (Å²) in [5.41, 5.74) is 1.19. The van der Waals surface area contributed by atoms with E-state index in [1.807, 2.05) is 30.1 Å². The number of hydrogen-bond acceptors (Lipinski definition) is 7. The zero-order valence-electron chi connectivity index (χ0n) is 15.4. The SMILES string of the molecule is CC(C)N(Cc1ccccc1)c1cnnc(N(C)C2CCS(=O)(=O)C2)n1. The monoisotopic (exact) mass is 375 g/mol. The van der Waals surface area contributed by atoms with Gasteiger partial charge in [-0.1, -0.05) is 30.3 Å². The minimum absolute atomic E-state index is 0.0985. The molecule has 2 aromatic rings. The van der Waals surface area contributed by atoms with Crippen molar-refractivity contribution in [2.24, 2.45) is 0 Å². The van der Waals surface area contributed by atoms with E-state index >= 15 is 0 Å². The molecule has 0 bridgehead atoms. The van der Waals surface area contributed by atoms with Crippen LogP contribution in [0.25, 0.3) is 0 Å². The molecule has 0 spiro atoms. The van der Waals surface area contributed by atoms with E-state index in [0.29, 0.717) is 12.4 Å². The van der Waals surface area contributed by atoms with Gasteiger partial charge in [0.2, 0.25) is 5.95 Å². The molecule has 2 heterocycles. The standard InChI is InChI=1S/C18H25N5O2S/c1-14(2)23(12-15-7-5-4-6-8-15)17-11-19-21-18(20-17)22(3)16-9-10-26(24,25)13-16/h4-8,11,14,16H,9-10,12-13H2,1-3H3. The molecule has 26 heavy (non-hydrogen) atoms. The van der Waals surface area contributed by atoms with Crippen molar-refractivity contribution in [1.82, 2.24) is 15.2 Å². The van der Waals surface area contributed by atoms with Crippen molar-refractivity contribution >= 4 is 21.6 Å². The van der Waals surface area contributed by atoms with Crippen LogP contribution in [0.15, 0.2) is 36.5 Å². The number of nitrogens with zero attached hydrogens (tertiary/aromatic N) is 5. The Morgan fingerprint density at radius 3 is 2.58 bits per heavy atom. The first-order valence-electron chi connectivity index (χ1n) is 8.79. The van der Waals surface area contributed by atoms with E-state index in [9.17, 15) is 8.42 Å². The highest BCUT2D eigenvalue weighted by atomic mass is 32.2. The van der Waals surface area contributed by atoms with Crippen LogP contribution in [0.3, 0.4) is 0 Å². The van der Waals surface area contributed by atoms with Crippen LogP contribution in [0.1, 0.15) is 25.8 Å². The molecular weight excluding hydrogens is 350 g/mol. The van der Waals surface area contributed by atoms with Crippen molar-refractivity contribution < 1.29 is 8.42 Å². The normalized spacial score (nSPS) is 18.8. The quantitative estimate of drug-likeness (QED) is 0.763. The molecule has 1 fully saturated rings. The Morgan fingerprint density at radius 1 is 1.23 bits per heavy atom. The van der Waals surface area contributed by atoms with Crippen molar-refractivity contribution in [2.45, 2.75) is 38.9 Å². The van der Waals surface area contributed by atoms with Crippen LogP contribution >= 0.6 is 0 Å². The fraction of sp³-hybridized carbons (Fsp3) is 0.500. The van der Waals surface area contributed by atoms with Gasteiger partial charge in [0.05, 0.1) is 17.7 Å². The third kappa shape index (κ3) is 4.30. The lowest BCUT2D eigenvalue weighted by molar-refractivity contribution is 0.600. The number of sulfone groups is 1. The highest BCUT2D eigenvalue weighted by Crippen LogP contribution is 2.23. The van der Waals surface area contributed by atoms with Crippen LogP contribution in [0, 0.1) is 0 Å². The van der Waals surface area contributed by atoms with E-state index in [4.69, 9.17) is 0 Å². The Hall–Kier alpha value is -2.22. The van der Waals surface area contributed by atoms with E-state index in [0.717, 1.165) is 12.4 Å². The lowest BCUT2D eigenvalue weighted by Crippen LogP contribution is -2.35. The van der Waals surface area contributed by atoms with Crippen LogP contribution in [0.4, 0.5) is 11.8 Å². The lowest BCUT2D eigenvalue weighted by atomic mass is 10.2. The van der Waals surface area contributed by atoms with E-state index in [-0.39, 0.29) is 23.6 Å². The zero-order valence-corrected chi connectivity index (χ0v) is 16.2. The fourth-order valence-corrected chi connectivity index (χ4v) is 4.90. The summed E-state index contributed by atoms with van der Waals surface area (Å²) in [5.74, 6) is 1.57. The predicted octanol–water partition coefficient (Wildman–Crippen LogP) is 1.91. The number of hydrogen-bond donors (Lipinski definition) is 0. The van der Waals surface area contributed by atoms with Gasteiger partial charge >= 0.3 is 0 Å². The van der Waals surface area contributed by atoms with Gasteiger partial charge in [-0.2, -0.15) is 10.1 Å². The average Bonchev–Trinajstić information content (AvgIpc) is 2.99. The average molecular weight is 375 g/mol. The number of rotatable bonds is 6. The van der Waals surface area contributed by atoms with E-state index in [1.165, 1.54) is 5.56 Å². The van der Waals surface area contributed by atoms with Crippen molar-refractivity contribution in [2.75, 3.05) is 28.4 Å². The smallest absolute Gasteiger partial charge is 0.247 e. The summed E-state index contributed by atoms with van der Waals surface area (Å²) < 4.78 is 23.5. The molecule has 0 saturated carbocycles. The molecule has 1 aromatic heterocycles. The van der Waals surface area contributed by atoms with Crippen molar-refractivity contribution in [3.8, 4) is 0 Å².